The fourth-order valence-electron chi connectivity index (χ4n) is 5.39. The first-order valence-electron chi connectivity index (χ1n) is 12.3. The van der Waals surface area contributed by atoms with Crippen molar-refractivity contribution in [3.8, 4) is 23.0 Å². The van der Waals surface area contributed by atoms with Gasteiger partial charge in [-0.15, -0.1) is 0 Å². The molecule has 0 unspecified atom stereocenters. The van der Waals surface area contributed by atoms with E-state index in [0.29, 0.717) is 11.1 Å². The largest absolute Gasteiger partial charge is 0.504 e. The fraction of sp³-hybridized carbons (Fsp3) is 0.538. The van der Waals surface area contributed by atoms with Crippen LogP contribution < -0.4 is 14.2 Å². The molecule has 0 aromatic heterocycles. The zero-order valence-electron chi connectivity index (χ0n) is 21.2. The number of ether oxygens (including phenoxy) is 6. The zero-order valence-corrected chi connectivity index (χ0v) is 21.2. The van der Waals surface area contributed by atoms with Crippen LogP contribution in [0.3, 0.4) is 0 Å². The lowest BCUT2D eigenvalue weighted by molar-refractivity contribution is -0.277. The molecule has 0 spiro atoms. The van der Waals surface area contributed by atoms with Crippen LogP contribution in [0.5, 0.6) is 23.0 Å². The van der Waals surface area contributed by atoms with Gasteiger partial charge in [0.1, 0.15) is 36.6 Å². The van der Waals surface area contributed by atoms with E-state index >= 15 is 0 Å². The number of benzene rings is 2. The summed E-state index contributed by atoms with van der Waals surface area (Å²) in [5, 5.41) is 73.0. The molecule has 0 bridgehead atoms. The molecular formula is C26H32O13. The minimum absolute atomic E-state index is 0.0832. The standard InChI is InChI=1S/C26H32O13/c1-34-16-7-12(3-5-14(16)28)22-25(32)10-37-23(26(25,33)11-36-22)13-4-6-15(17(8-13)35-2)38-24-21(31)20(30)19(29)18(9-27)39-24/h3-8,18-24,27-33H,9-11H2,1-2H3/t18-,19-,20+,21-,22-,23-,24-,25+,26+/m1/s1. The van der Waals surface area contributed by atoms with Crippen molar-refractivity contribution >= 4 is 0 Å². The third-order valence-corrected chi connectivity index (χ3v) is 7.65. The fourth-order valence-corrected chi connectivity index (χ4v) is 5.39. The van der Waals surface area contributed by atoms with Gasteiger partial charge < -0.3 is 64.2 Å². The number of aliphatic hydroxyl groups is 6. The number of phenolic OH excluding ortho intramolecular Hbond substituents is 1. The molecule has 3 saturated heterocycles. The molecule has 7 N–H and O–H groups in total. The second kappa shape index (κ2) is 10.4. The Labute approximate surface area is 223 Å². The first-order valence-corrected chi connectivity index (χ1v) is 12.3. The highest BCUT2D eigenvalue weighted by molar-refractivity contribution is 5.47. The number of hydrogen-bond acceptors (Lipinski definition) is 13. The van der Waals surface area contributed by atoms with Crippen molar-refractivity contribution in [3.63, 3.8) is 0 Å². The van der Waals surface area contributed by atoms with Crippen LogP contribution in [0.1, 0.15) is 23.3 Å². The van der Waals surface area contributed by atoms with Gasteiger partial charge in [0.15, 0.2) is 34.2 Å². The predicted molar refractivity (Wildman–Crippen MR) is 129 cm³/mol. The van der Waals surface area contributed by atoms with E-state index in [1.807, 2.05) is 0 Å². The average Bonchev–Trinajstić information content (AvgIpc) is 3.35. The Morgan fingerprint density at radius 3 is 1.92 bits per heavy atom. The Kier molecular flexibility index (Phi) is 7.39. The maximum atomic E-state index is 11.7. The lowest BCUT2D eigenvalue weighted by Crippen LogP contribution is -2.60. The van der Waals surface area contributed by atoms with Crippen LogP contribution in [0.2, 0.25) is 0 Å². The van der Waals surface area contributed by atoms with E-state index in [2.05, 4.69) is 0 Å². The lowest BCUT2D eigenvalue weighted by Gasteiger charge is -2.39. The summed E-state index contributed by atoms with van der Waals surface area (Å²) in [5.41, 5.74) is -2.78. The van der Waals surface area contributed by atoms with E-state index in [-0.39, 0.29) is 36.2 Å². The third kappa shape index (κ3) is 4.40. The van der Waals surface area contributed by atoms with Gasteiger partial charge in [0.25, 0.3) is 0 Å². The van der Waals surface area contributed by atoms with Crippen molar-refractivity contribution in [2.24, 2.45) is 0 Å². The Hall–Kier alpha value is -2.72. The minimum atomic E-state index is -1.85. The summed E-state index contributed by atoms with van der Waals surface area (Å²) in [7, 11) is 2.76. The Morgan fingerprint density at radius 1 is 0.795 bits per heavy atom. The second-order valence-electron chi connectivity index (χ2n) is 9.89. The Balaban J connectivity index is 1.39. The lowest BCUT2D eigenvalue weighted by atomic mass is 9.77. The van der Waals surface area contributed by atoms with Crippen LogP contribution in [0.15, 0.2) is 36.4 Å². The number of aromatic hydroxyl groups is 1. The molecule has 0 radical (unpaired) electrons. The second-order valence-corrected chi connectivity index (χ2v) is 9.89. The maximum Gasteiger partial charge on any atom is 0.229 e. The van der Waals surface area contributed by atoms with Gasteiger partial charge in [0, 0.05) is 0 Å². The molecule has 2 aromatic rings. The first kappa shape index (κ1) is 27.8. The van der Waals surface area contributed by atoms with Crippen LogP contribution in [0.4, 0.5) is 0 Å². The highest BCUT2D eigenvalue weighted by atomic mass is 16.7. The molecule has 5 rings (SSSR count). The van der Waals surface area contributed by atoms with Crippen LogP contribution in [-0.2, 0) is 14.2 Å². The van der Waals surface area contributed by atoms with Gasteiger partial charge in [-0.05, 0) is 35.4 Å². The average molecular weight is 553 g/mol. The van der Waals surface area contributed by atoms with Crippen molar-refractivity contribution in [3.05, 3.63) is 47.5 Å². The molecule has 13 heteroatoms. The maximum absolute atomic E-state index is 11.7. The van der Waals surface area contributed by atoms with Gasteiger partial charge >= 0.3 is 0 Å². The number of hydrogen-bond donors (Lipinski definition) is 7. The van der Waals surface area contributed by atoms with E-state index in [4.69, 9.17) is 28.4 Å². The smallest absolute Gasteiger partial charge is 0.229 e. The van der Waals surface area contributed by atoms with Gasteiger partial charge in [-0.3, -0.25) is 0 Å². The summed E-state index contributed by atoms with van der Waals surface area (Å²) in [6.07, 6.45) is -9.35. The normalized spacial score (nSPS) is 37.9. The van der Waals surface area contributed by atoms with Crippen molar-refractivity contribution < 1.29 is 64.2 Å². The van der Waals surface area contributed by atoms with Gasteiger partial charge in [0.05, 0.1) is 34.0 Å². The van der Waals surface area contributed by atoms with Crippen molar-refractivity contribution in [2.45, 2.75) is 54.1 Å². The zero-order chi connectivity index (χ0) is 28.1. The summed E-state index contributed by atoms with van der Waals surface area (Å²) in [4.78, 5) is 0. The van der Waals surface area contributed by atoms with E-state index in [9.17, 15) is 35.7 Å². The van der Waals surface area contributed by atoms with Crippen LogP contribution in [0, 0.1) is 0 Å². The highest BCUT2D eigenvalue weighted by Gasteiger charge is 2.69. The van der Waals surface area contributed by atoms with E-state index in [0.717, 1.165) is 0 Å². The molecule has 9 atom stereocenters. The quantitative estimate of drug-likeness (QED) is 0.219. The number of aliphatic hydroxyl groups excluding tert-OH is 4. The van der Waals surface area contributed by atoms with Gasteiger partial charge in [-0.1, -0.05) is 12.1 Å². The van der Waals surface area contributed by atoms with Crippen LogP contribution in [-0.4, -0.2) is 112 Å². The monoisotopic (exact) mass is 552 g/mol. The van der Waals surface area contributed by atoms with Crippen molar-refractivity contribution in [2.75, 3.05) is 34.0 Å². The molecular weight excluding hydrogens is 520 g/mol. The Bertz CT molecular complexity index is 1190. The van der Waals surface area contributed by atoms with Gasteiger partial charge in [0.2, 0.25) is 6.29 Å². The number of rotatable bonds is 7. The Morgan fingerprint density at radius 2 is 1.36 bits per heavy atom. The van der Waals surface area contributed by atoms with Crippen LogP contribution in [0.25, 0.3) is 0 Å². The predicted octanol–water partition coefficient (Wildman–Crippen LogP) is -1.11. The minimum Gasteiger partial charge on any atom is -0.504 e. The highest BCUT2D eigenvalue weighted by Crippen LogP contribution is 2.56. The van der Waals surface area contributed by atoms with E-state index < -0.39 is 60.7 Å². The summed E-state index contributed by atoms with van der Waals surface area (Å²) >= 11 is 0. The summed E-state index contributed by atoms with van der Waals surface area (Å²) in [6.45, 7) is -1.12. The van der Waals surface area contributed by atoms with E-state index in [1.54, 1.807) is 12.1 Å². The molecule has 0 saturated carbocycles. The van der Waals surface area contributed by atoms with Gasteiger partial charge in [-0.2, -0.15) is 0 Å². The first-order chi connectivity index (χ1) is 18.6. The molecule has 214 valence electrons. The summed E-state index contributed by atoms with van der Waals surface area (Å²) in [5.74, 6) is 0.360. The molecule has 3 heterocycles. The van der Waals surface area contributed by atoms with E-state index in [1.165, 1.54) is 38.5 Å². The summed E-state index contributed by atoms with van der Waals surface area (Å²) in [6, 6.07) is 9.04. The molecule has 3 aliphatic heterocycles. The van der Waals surface area contributed by atoms with Crippen molar-refractivity contribution in [1.29, 1.82) is 0 Å². The summed E-state index contributed by atoms with van der Waals surface area (Å²) < 4.78 is 33.4. The van der Waals surface area contributed by atoms with Crippen molar-refractivity contribution in [1.82, 2.24) is 0 Å². The molecule has 3 aliphatic rings. The number of methoxy groups -OCH3 is 2. The third-order valence-electron chi connectivity index (χ3n) is 7.65. The molecule has 3 fully saturated rings. The van der Waals surface area contributed by atoms with Gasteiger partial charge in [-0.25, -0.2) is 0 Å². The SMILES string of the molecule is COc1cc([C@H]2OC[C@]3(O)[C@@H](c4ccc(O[C@@H]5O[C@H](CO)[C@@H](O)[C@H](O)[C@H]5O)c(OC)c4)OC[C@]23O)ccc1O. The number of fused-ring (bicyclic) bond motifs is 1. The van der Waals surface area contributed by atoms with Crippen LogP contribution >= 0.6 is 0 Å². The molecule has 0 amide bonds. The molecule has 2 aromatic carbocycles. The topological polar surface area (TPSA) is 197 Å². The number of phenols is 1. The molecule has 39 heavy (non-hydrogen) atoms. The molecule has 13 nitrogen and oxygen atoms in total. The molecule has 0 aliphatic carbocycles.